The SMILES string of the molecule is CCN(C(=O)C(Cc1ccc(O)cc1)NC(=O)OC(C)(C)C)C(C(=O)NC(C)C)c1cc(C)ccc1C. The highest BCUT2D eigenvalue weighted by Crippen LogP contribution is 2.27. The van der Waals surface area contributed by atoms with E-state index in [4.69, 9.17) is 4.74 Å². The number of ether oxygens (including phenoxy) is 1. The Bertz CT molecular complexity index is 1090. The van der Waals surface area contributed by atoms with E-state index in [2.05, 4.69) is 10.6 Å². The number of phenolic OH excluding ortho intramolecular Hbond substituents is 1. The molecule has 3 amide bonds. The molecule has 0 aliphatic carbocycles. The minimum Gasteiger partial charge on any atom is -0.508 e. The van der Waals surface area contributed by atoms with Crippen LogP contribution in [0, 0.1) is 13.8 Å². The maximum Gasteiger partial charge on any atom is 0.408 e. The predicted octanol–water partition coefficient (Wildman–Crippen LogP) is 4.56. The van der Waals surface area contributed by atoms with Crippen molar-refractivity contribution in [2.75, 3.05) is 6.54 Å². The number of hydrogen-bond acceptors (Lipinski definition) is 5. The highest BCUT2D eigenvalue weighted by Gasteiger charge is 2.36. The number of amides is 3. The first-order valence-corrected chi connectivity index (χ1v) is 12.7. The molecule has 2 aromatic carbocycles. The van der Waals surface area contributed by atoms with Gasteiger partial charge in [0.05, 0.1) is 0 Å². The molecule has 0 aliphatic rings. The molecule has 8 nitrogen and oxygen atoms in total. The van der Waals surface area contributed by atoms with E-state index in [1.54, 1.807) is 32.9 Å². The Hall–Kier alpha value is -3.55. The van der Waals surface area contributed by atoms with E-state index in [0.717, 1.165) is 22.3 Å². The summed E-state index contributed by atoms with van der Waals surface area (Å²) in [6, 6.07) is 10.2. The number of aromatic hydroxyl groups is 1. The Morgan fingerprint density at radius 3 is 2.16 bits per heavy atom. The lowest BCUT2D eigenvalue weighted by Gasteiger charge is -2.35. The monoisotopic (exact) mass is 511 g/mol. The number of alkyl carbamates (subject to hydrolysis) is 1. The Kier molecular flexibility index (Phi) is 10.1. The van der Waals surface area contributed by atoms with E-state index in [9.17, 15) is 19.5 Å². The molecule has 0 radical (unpaired) electrons. The molecule has 0 spiro atoms. The lowest BCUT2D eigenvalue weighted by Crippen LogP contribution is -2.54. The lowest BCUT2D eigenvalue weighted by molar-refractivity contribution is -0.142. The van der Waals surface area contributed by atoms with Gasteiger partial charge in [0.1, 0.15) is 23.4 Å². The van der Waals surface area contributed by atoms with Crippen molar-refractivity contribution < 1.29 is 24.2 Å². The lowest BCUT2D eigenvalue weighted by atomic mass is 9.95. The topological polar surface area (TPSA) is 108 Å². The number of aryl methyl sites for hydroxylation is 2. The summed E-state index contributed by atoms with van der Waals surface area (Å²) < 4.78 is 5.43. The third kappa shape index (κ3) is 8.81. The zero-order valence-electron chi connectivity index (χ0n) is 23.2. The van der Waals surface area contributed by atoms with Crippen LogP contribution in [-0.4, -0.2) is 52.1 Å². The van der Waals surface area contributed by atoms with E-state index in [1.807, 2.05) is 52.8 Å². The Labute approximate surface area is 220 Å². The molecule has 0 saturated carbocycles. The van der Waals surface area contributed by atoms with E-state index in [0.29, 0.717) is 0 Å². The van der Waals surface area contributed by atoms with Gasteiger partial charge in [-0.25, -0.2) is 4.79 Å². The third-order valence-corrected chi connectivity index (χ3v) is 5.71. The van der Waals surface area contributed by atoms with Crippen LogP contribution in [0.2, 0.25) is 0 Å². The molecule has 0 fully saturated rings. The minimum atomic E-state index is -1.00. The number of hydrogen-bond donors (Lipinski definition) is 3. The van der Waals surface area contributed by atoms with Gasteiger partial charge in [-0.05, 0) is 84.2 Å². The van der Waals surface area contributed by atoms with E-state index in [1.165, 1.54) is 17.0 Å². The summed E-state index contributed by atoms with van der Waals surface area (Å²) in [6.07, 6.45) is -0.573. The van der Waals surface area contributed by atoms with Crippen LogP contribution in [0.15, 0.2) is 42.5 Å². The summed E-state index contributed by atoms with van der Waals surface area (Å²) in [4.78, 5) is 41.8. The molecule has 37 heavy (non-hydrogen) atoms. The molecule has 0 bridgehead atoms. The summed E-state index contributed by atoms with van der Waals surface area (Å²) in [5.74, 6) is -0.604. The zero-order valence-corrected chi connectivity index (χ0v) is 23.2. The normalized spacial score (nSPS) is 13.0. The summed E-state index contributed by atoms with van der Waals surface area (Å²) in [7, 11) is 0. The van der Waals surface area contributed by atoms with Gasteiger partial charge >= 0.3 is 6.09 Å². The van der Waals surface area contributed by atoms with Gasteiger partial charge < -0.3 is 25.4 Å². The second-order valence-electron chi connectivity index (χ2n) is 10.6. The van der Waals surface area contributed by atoms with Crippen LogP contribution in [0.5, 0.6) is 5.75 Å². The van der Waals surface area contributed by atoms with Crippen molar-refractivity contribution in [2.24, 2.45) is 0 Å². The van der Waals surface area contributed by atoms with Crippen LogP contribution in [0.4, 0.5) is 4.79 Å². The third-order valence-electron chi connectivity index (χ3n) is 5.71. The Balaban J connectivity index is 2.52. The summed E-state index contributed by atoms with van der Waals surface area (Å²) >= 11 is 0. The predicted molar refractivity (Wildman–Crippen MR) is 144 cm³/mol. The van der Waals surface area contributed by atoms with Crippen molar-refractivity contribution in [3.8, 4) is 5.75 Å². The highest BCUT2D eigenvalue weighted by atomic mass is 16.6. The molecule has 0 aromatic heterocycles. The molecule has 202 valence electrons. The van der Waals surface area contributed by atoms with Crippen LogP contribution in [0.3, 0.4) is 0 Å². The number of rotatable bonds is 9. The first kappa shape index (κ1) is 29.7. The first-order valence-electron chi connectivity index (χ1n) is 12.7. The van der Waals surface area contributed by atoms with Crippen molar-refractivity contribution in [1.82, 2.24) is 15.5 Å². The average Bonchev–Trinajstić information content (AvgIpc) is 2.78. The van der Waals surface area contributed by atoms with Crippen molar-refractivity contribution in [3.63, 3.8) is 0 Å². The molecule has 3 N–H and O–H groups in total. The van der Waals surface area contributed by atoms with Crippen LogP contribution < -0.4 is 10.6 Å². The molecule has 8 heteroatoms. The van der Waals surface area contributed by atoms with E-state index >= 15 is 0 Å². The molecule has 0 saturated heterocycles. The molecule has 2 atom stereocenters. The van der Waals surface area contributed by atoms with Gasteiger partial charge in [-0.15, -0.1) is 0 Å². The summed E-state index contributed by atoms with van der Waals surface area (Å²) in [5.41, 5.74) is 2.57. The van der Waals surface area contributed by atoms with E-state index in [-0.39, 0.29) is 30.7 Å². The zero-order chi connectivity index (χ0) is 27.9. The van der Waals surface area contributed by atoms with E-state index < -0.39 is 29.7 Å². The minimum absolute atomic E-state index is 0.0993. The summed E-state index contributed by atoms with van der Waals surface area (Å²) in [5, 5.41) is 15.3. The molecular weight excluding hydrogens is 470 g/mol. The van der Waals surface area contributed by atoms with Crippen molar-refractivity contribution >= 4 is 17.9 Å². The van der Waals surface area contributed by atoms with Gasteiger partial charge in [0, 0.05) is 19.0 Å². The number of carbonyl (C=O) groups is 3. The number of nitrogens with one attached hydrogen (secondary N) is 2. The number of carbonyl (C=O) groups excluding carboxylic acids is 3. The fourth-order valence-corrected chi connectivity index (χ4v) is 4.05. The molecule has 2 unspecified atom stereocenters. The average molecular weight is 512 g/mol. The fourth-order valence-electron chi connectivity index (χ4n) is 4.05. The highest BCUT2D eigenvalue weighted by molar-refractivity contribution is 5.92. The fraction of sp³-hybridized carbons (Fsp3) is 0.483. The molecular formula is C29H41N3O5. The van der Waals surface area contributed by atoms with Gasteiger partial charge in [-0.1, -0.05) is 35.9 Å². The maximum atomic E-state index is 14.1. The molecule has 2 rings (SSSR count). The van der Waals surface area contributed by atoms with Gasteiger partial charge in [0.15, 0.2) is 0 Å². The molecule has 0 heterocycles. The van der Waals surface area contributed by atoms with Crippen molar-refractivity contribution in [3.05, 3.63) is 64.7 Å². The second-order valence-corrected chi connectivity index (χ2v) is 10.6. The van der Waals surface area contributed by atoms with Gasteiger partial charge in [-0.3, -0.25) is 9.59 Å². The van der Waals surface area contributed by atoms with Gasteiger partial charge in [0.2, 0.25) is 11.8 Å². The van der Waals surface area contributed by atoms with Gasteiger partial charge in [-0.2, -0.15) is 0 Å². The Morgan fingerprint density at radius 2 is 1.62 bits per heavy atom. The number of nitrogens with zero attached hydrogens (tertiary/aromatic N) is 1. The smallest absolute Gasteiger partial charge is 0.408 e. The largest absolute Gasteiger partial charge is 0.508 e. The number of phenols is 1. The second kappa shape index (κ2) is 12.6. The molecule has 2 aromatic rings. The van der Waals surface area contributed by atoms with Gasteiger partial charge in [0.25, 0.3) is 0 Å². The van der Waals surface area contributed by atoms with Crippen LogP contribution in [-0.2, 0) is 20.7 Å². The van der Waals surface area contributed by atoms with Crippen molar-refractivity contribution in [1.29, 1.82) is 0 Å². The van der Waals surface area contributed by atoms with Crippen LogP contribution in [0.1, 0.15) is 69.8 Å². The van der Waals surface area contributed by atoms with Crippen LogP contribution in [0.25, 0.3) is 0 Å². The molecule has 0 aliphatic heterocycles. The quantitative estimate of drug-likeness (QED) is 0.457. The standard InChI is InChI=1S/C29H41N3O5/c1-9-32(25(26(34)30-18(2)3)23-16-19(4)10-11-20(23)5)27(35)24(31-28(36)37-29(6,7)8)17-21-12-14-22(33)15-13-21/h10-16,18,24-25,33H,9,17H2,1-8H3,(H,30,34)(H,31,36). The summed E-state index contributed by atoms with van der Waals surface area (Å²) in [6.45, 7) is 14.9. The number of benzene rings is 2. The Morgan fingerprint density at radius 1 is 1.00 bits per heavy atom. The van der Waals surface area contributed by atoms with Crippen molar-refractivity contribution in [2.45, 2.75) is 85.5 Å². The van der Waals surface area contributed by atoms with Crippen LogP contribution >= 0.6 is 0 Å². The number of likely N-dealkylation sites (N-methyl/N-ethyl adjacent to an activating group) is 1. The maximum absolute atomic E-state index is 14.1. The first-order chi connectivity index (χ1) is 17.2.